The van der Waals surface area contributed by atoms with E-state index in [0.29, 0.717) is 23.3 Å². The van der Waals surface area contributed by atoms with E-state index in [1.807, 2.05) is 0 Å². The van der Waals surface area contributed by atoms with Gasteiger partial charge in [0.1, 0.15) is 11.6 Å². The van der Waals surface area contributed by atoms with Gasteiger partial charge < -0.3 is 5.73 Å². The Morgan fingerprint density at radius 2 is 1.53 bits per heavy atom. The van der Waals surface area contributed by atoms with Crippen LogP contribution in [-0.2, 0) is 0 Å². The molecule has 0 bridgehead atoms. The van der Waals surface area contributed by atoms with Gasteiger partial charge in [-0.05, 0) is 48.3 Å². The minimum atomic E-state index is -0.529. The fraction of sp³-hybridized carbons (Fsp3) is 0.571. The lowest BCUT2D eigenvalue weighted by molar-refractivity contribution is 0.480. The van der Waals surface area contributed by atoms with Gasteiger partial charge in [0.25, 0.3) is 0 Å². The third kappa shape index (κ3) is 1.97. The summed E-state index contributed by atoms with van der Waals surface area (Å²) in [4.78, 5) is 0. The molecule has 2 aliphatic rings. The summed E-state index contributed by atoms with van der Waals surface area (Å²) >= 11 is 0. The first-order valence-corrected chi connectivity index (χ1v) is 6.38. The molecule has 0 radical (unpaired) electrons. The summed E-state index contributed by atoms with van der Waals surface area (Å²) in [5.74, 6) is 0.784. The maximum absolute atomic E-state index is 13.1. The van der Waals surface area contributed by atoms with E-state index in [-0.39, 0.29) is 6.04 Å². The van der Waals surface area contributed by atoms with Crippen molar-refractivity contribution in [2.75, 3.05) is 0 Å². The molecule has 92 valence electrons. The fourth-order valence-electron chi connectivity index (χ4n) is 3.57. The van der Waals surface area contributed by atoms with Crippen LogP contribution in [0.2, 0.25) is 0 Å². The Morgan fingerprint density at radius 1 is 1.00 bits per heavy atom. The van der Waals surface area contributed by atoms with Crippen molar-refractivity contribution in [2.45, 2.75) is 31.7 Å². The maximum atomic E-state index is 13.1. The summed E-state index contributed by atoms with van der Waals surface area (Å²) in [7, 11) is 0. The molecule has 1 aromatic carbocycles. The molecule has 2 saturated carbocycles. The Hall–Kier alpha value is -0.960. The van der Waals surface area contributed by atoms with Crippen molar-refractivity contribution < 1.29 is 8.78 Å². The van der Waals surface area contributed by atoms with Crippen LogP contribution in [0.25, 0.3) is 0 Å². The van der Waals surface area contributed by atoms with Gasteiger partial charge >= 0.3 is 0 Å². The van der Waals surface area contributed by atoms with Crippen LogP contribution in [0.15, 0.2) is 18.2 Å². The molecule has 3 rings (SSSR count). The molecule has 3 unspecified atom stereocenters. The summed E-state index contributed by atoms with van der Waals surface area (Å²) in [6.07, 6.45) is 5.03. The van der Waals surface area contributed by atoms with Crippen LogP contribution in [0, 0.1) is 29.4 Å². The molecular weight excluding hydrogens is 220 g/mol. The van der Waals surface area contributed by atoms with Crippen LogP contribution in [0.4, 0.5) is 8.78 Å². The first-order valence-electron chi connectivity index (χ1n) is 6.38. The van der Waals surface area contributed by atoms with Crippen LogP contribution >= 0.6 is 0 Å². The van der Waals surface area contributed by atoms with E-state index in [1.54, 1.807) is 0 Å². The molecule has 3 atom stereocenters. The molecule has 2 aliphatic carbocycles. The van der Waals surface area contributed by atoms with Gasteiger partial charge in [-0.15, -0.1) is 0 Å². The van der Waals surface area contributed by atoms with Crippen molar-refractivity contribution in [3.63, 3.8) is 0 Å². The molecule has 0 saturated heterocycles. The van der Waals surface area contributed by atoms with Crippen LogP contribution < -0.4 is 5.73 Å². The van der Waals surface area contributed by atoms with Gasteiger partial charge in [-0.25, -0.2) is 8.78 Å². The molecule has 0 aromatic heterocycles. The van der Waals surface area contributed by atoms with E-state index in [4.69, 9.17) is 5.73 Å². The van der Waals surface area contributed by atoms with Crippen LogP contribution in [0.5, 0.6) is 0 Å². The normalized spacial score (nSPS) is 33.0. The molecule has 1 aromatic rings. The average molecular weight is 237 g/mol. The summed E-state index contributed by atoms with van der Waals surface area (Å²) in [5, 5.41) is 0. The molecule has 0 heterocycles. The zero-order chi connectivity index (χ0) is 12.0. The minimum absolute atomic E-state index is 0.201. The summed E-state index contributed by atoms with van der Waals surface area (Å²) in [6.45, 7) is 0. The van der Waals surface area contributed by atoms with Crippen molar-refractivity contribution in [1.29, 1.82) is 0 Å². The van der Waals surface area contributed by atoms with Crippen LogP contribution in [0.3, 0.4) is 0 Å². The number of rotatable bonds is 2. The largest absolute Gasteiger partial charge is 0.324 e. The van der Waals surface area contributed by atoms with E-state index in [1.165, 1.54) is 37.8 Å². The standard InChI is InChI=1S/C14H17F2N/c15-9-5-8(6-10(16)7-9)14(17)13-11-3-1-2-4-12(11)13/h5-7,11-14H,1-4,17H2. The second-order valence-electron chi connectivity index (χ2n) is 5.42. The highest BCUT2D eigenvalue weighted by molar-refractivity contribution is 5.24. The fourth-order valence-corrected chi connectivity index (χ4v) is 3.57. The van der Waals surface area contributed by atoms with Crippen molar-refractivity contribution in [3.8, 4) is 0 Å². The van der Waals surface area contributed by atoms with Gasteiger partial charge in [-0.3, -0.25) is 0 Å². The topological polar surface area (TPSA) is 26.0 Å². The number of hydrogen-bond donors (Lipinski definition) is 1. The third-order valence-corrected chi connectivity index (χ3v) is 4.41. The molecule has 0 spiro atoms. The SMILES string of the molecule is NC(c1cc(F)cc(F)c1)C1C2CCCCC21. The number of hydrogen-bond acceptors (Lipinski definition) is 1. The molecule has 3 heteroatoms. The molecule has 2 N–H and O–H groups in total. The Morgan fingerprint density at radius 3 is 2.06 bits per heavy atom. The number of fused-ring (bicyclic) bond motifs is 1. The highest BCUT2D eigenvalue weighted by Gasteiger charge is 2.53. The van der Waals surface area contributed by atoms with Gasteiger partial charge in [0.15, 0.2) is 0 Å². The first-order chi connectivity index (χ1) is 8.16. The Bertz CT molecular complexity index is 400. The first kappa shape index (κ1) is 11.1. The zero-order valence-corrected chi connectivity index (χ0v) is 9.70. The zero-order valence-electron chi connectivity index (χ0n) is 9.70. The number of halogens is 2. The Balaban J connectivity index is 1.80. The van der Waals surface area contributed by atoms with Crippen LogP contribution in [0.1, 0.15) is 37.3 Å². The van der Waals surface area contributed by atoms with E-state index in [0.717, 1.165) is 6.07 Å². The van der Waals surface area contributed by atoms with Gasteiger partial charge in [0.2, 0.25) is 0 Å². The van der Waals surface area contributed by atoms with E-state index in [2.05, 4.69) is 0 Å². The second-order valence-corrected chi connectivity index (χ2v) is 5.42. The monoisotopic (exact) mass is 237 g/mol. The van der Waals surface area contributed by atoms with Crippen LogP contribution in [-0.4, -0.2) is 0 Å². The highest BCUT2D eigenvalue weighted by atomic mass is 19.1. The number of benzene rings is 1. The van der Waals surface area contributed by atoms with Crippen molar-refractivity contribution in [3.05, 3.63) is 35.4 Å². The summed E-state index contributed by atoms with van der Waals surface area (Å²) in [5.41, 5.74) is 6.78. The lowest BCUT2D eigenvalue weighted by Crippen LogP contribution is -2.15. The molecule has 0 amide bonds. The van der Waals surface area contributed by atoms with Gasteiger partial charge in [-0.2, -0.15) is 0 Å². The molecule has 2 fully saturated rings. The third-order valence-electron chi connectivity index (χ3n) is 4.41. The van der Waals surface area contributed by atoms with E-state index < -0.39 is 11.6 Å². The maximum Gasteiger partial charge on any atom is 0.126 e. The smallest absolute Gasteiger partial charge is 0.126 e. The number of nitrogens with two attached hydrogens (primary N) is 1. The molecular formula is C14H17F2N. The van der Waals surface area contributed by atoms with Gasteiger partial charge in [0, 0.05) is 12.1 Å². The average Bonchev–Trinajstić information content (AvgIpc) is 3.00. The lowest BCUT2D eigenvalue weighted by atomic mass is 10.0. The van der Waals surface area contributed by atoms with E-state index >= 15 is 0 Å². The lowest BCUT2D eigenvalue weighted by Gasteiger charge is -2.12. The summed E-state index contributed by atoms with van der Waals surface area (Å²) in [6, 6.07) is 3.44. The minimum Gasteiger partial charge on any atom is -0.324 e. The Labute approximate surface area is 100 Å². The van der Waals surface area contributed by atoms with Crippen molar-refractivity contribution >= 4 is 0 Å². The molecule has 17 heavy (non-hydrogen) atoms. The van der Waals surface area contributed by atoms with Crippen molar-refractivity contribution in [2.24, 2.45) is 23.5 Å². The molecule has 1 nitrogen and oxygen atoms in total. The molecule has 0 aliphatic heterocycles. The Kier molecular flexibility index (Phi) is 2.66. The van der Waals surface area contributed by atoms with Crippen molar-refractivity contribution in [1.82, 2.24) is 0 Å². The quantitative estimate of drug-likeness (QED) is 0.838. The summed E-state index contributed by atoms with van der Waals surface area (Å²) < 4.78 is 26.3. The predicted molar refractivity (Wildman–Crippen MR) is 62.2 cm³/mol. The second kappa shape index (κ2) is 4.05. The predicted octanol–water partition coefficient (Wildman–Crippen LogP) is 3.40. The van der Waals surface area contributed by atoms with Gasteiger partial charge in [0.05, 0.1) is 0 Å². The highest BCUT2D eigenvalue weighted by Crippen LogP contribution is 2.59. The van der Waals surface area contributed by atoms with E-state index in [9.17, 15) is 8.78 Å². The van der Waals surface area contributed by atoms with Gasteiger partial charge in [-0.1, -0.05) is 12.8 Å².